The van der Waals surface area contributed by atoms with Gasteiger partial charge in [-0.25, -0.2) is 0 Å². The second-order valence-electron chi connectivity index (χ2n) is 6.22. The van der Waals surface area contributed by atoms with Crippen molar-refractivity contribution in [3.8, 4) is 11.5 Å². The van der Waals surface area contributed by atoms with Gasteiger partial charge in [0.25, 0.3) is 5.91 Å². The molecule has 9 heteroatoms. The van der Waals surface area contributed by atoms with E-state index in [9.17, 15) is 9.59 Å². The van der Waals surface area contributed by atoms with E-state index in [4.69, 9.17) is 26.4 Å². The monoisotopic (exact) mass is 408 g/mol. The van der Waals surface area contributed by atoms with Crippen LogP contribution < -0.4 is 9.47 Å². The van der Waals surface area contributed by atoms with Crippen LogP contribution in [0.2, 0.25) is 0 Å². The van der Waals surface area contributed by atoms with E-state index in [-0.39, 0.29) is 31.6 Å². The third-order valence-electron chi connectivity index (χ3n) is 3.91. The molecular weight excluding hydrogens is 388 g/mol. The summed E-state index contributed by atoms with van der Waals surface area (Å²) in [7, 11) is 3.81. The lowest BCUT2D eigenvalue weighted by atomic mass is 10.2. The molecule has 1 amide bonds. The third-order valence-corrected chi connectivity index (χ3v) is 5.29. The van der Waals surface area contributed by atoms with Gasteiger partial charge < -0.3 is 19.1 Å². The fourth-order valence-corrected chi connectivity index (χ4v) is 3.77. The Morgan fingerprint density at radius 3 is 2.93 bits per heavy atom. The number of likely N-dealkylation sites (N-methyl/N-ethyl adjacent to an activating group) is 1. The first-order chi connectivity index (χ1) is 12.9. The standard InChI is InChI=1S/C18H20N2O5S2/c1-19(2)7-8-23-16(21)5-6-20-17(22)15(27-18(20)26)10-12-3-4-13-14(9-12)25-11-24-13/h3-4,9-10H,5-8,11H2,1-2H3/b15-10-. The summed E-state index contributed by atoms with van der Waals surface area (Å²) in [6, 6.07) is 5.47. The molecule has 0 unspecified atom stereocenters. The molecule has 2 heterocycles. The first kappa shape index (κ1) is 19.7. The molecule has 2 aliphatic heterocycles. The molecule has 1 fully saturated rings. The Balaban J connectivity index is 1.57. The van der Waals surface area contributed by atoms with Crippen LogP contribution in [0.15, 0.2) is 23.1 Å². The number of hydrogen-bond donors (Lipinski definition) is 0. The molecule has 144 valence electrons. The molecule has 0 spiro atoms. The summed E-state index contributed by atoms with van der Waals surface area (Å²) in [4.78, 5) is 28.3. The van der Waals surface area contributed by atoms with Crippen molar-refractivity contribution < 1.29 is 23.8 Å². The summed E-state index contributed by atoms with van der Waals surface area (Å²) in [5, 5.41) is 0. The van der Waals surface area contributed by atoms with Crippen LogP contribution in [-0.2, 0) is 14.3 Å². The zero-order valence-corrected chi connectivity index (χ0v) is 16.7. The number of ether oxygens (including phenoxy) is 3. The summed E-state index contributed by atoms with van der Waals surface area (Å²) in [6.07, 6.45) is 1.87. The molecule has 1 aromatic carbocycles. The topological polar surface area (TPSA) is 68.3 Å². The van der Waals surface area contributed by atoms with Crippen LogP contribution in [-0.4, -0.2) is 66.6 Å². The minimum absolute atomic E-state index is 0.108. The van der Waals surface area contributed by atoms with E-state index in [2.05, 4.69) is 0 Å². The van der Waals surface area contributed by atoms with Crippen molar-refractivity contribution in [1.29, 1.82) is 0 Å². The number of rotatable bonds is 7. The normalized spacial score (nSPS) is 17.3. The molecule has 0 atom stereocenters. The van der Waals surface area contributed by atoms with Crippen molar-refractivity contribution in [2.75, 3.05) is 40.6 Å². The third kappa shape index (κ3) is 5.00. The molecule has 7 nitrogen and oxygen atoms in total. The van der Waals surface area contributed by atoms with Gasteiger partial charge in [-0.05, 0) is 37.9 Å². The average Bonchev–Trinajstić information content (AvgIpc) is 3.18. The van der Waals surface area contributed by atoms with Gasteiger partial charge in [-0.3, -0.25) is 14.5 Å². The summed E-state index contributed by atoms with van der Waals surface area (Å²) in [5.74, 6) is 0.793. The number of thiocarbonyl (C=S) groups is 1. The van der Waals surface area contributed by atoms with Gasteiger partial charge in [-0.15, -0.1) is 0 Å². The SMILES string of the molecule is CN(C)CCOC(=O)CCN1C(=O)/C(=C/c2ccc3c(c2)OCO3)SC1=S. The van der Waals surface area contributed by atoms with E-state index >= 15 is 0 Å². The summed E-state index contributed by atoms with van der Waals surface area (Å²) < 4.78 is 16.2. The number of thioether (sulfide) groups is 1. The van der Waals surface area contributed by atoms with Gasteiger partial charge in [0.05, 0.1) is 11.3 Å². The number of nitrogens with zero attached hydrogens (tertiary/aromatic N) is 2. The van der Waals surface area contributed by atoms with E-state index in [1.807, 2.05) is 31.1 Å². The Kier molecular flexibility index (Phi) is 6.35. The molecule has 2 aliphatic rings. The first-order valence-electron chi connectivity index (χ1n) is 8.39. The van der Waals surface area contributed by atoms with Crippen molar-refractivity contribution in [2.45, 2.75) is 6.42 Å². The van der Waals surface area contributed by atoms with Gasteiger partial charge in [-0.2, -0.15) is 0 Å². The number of benzene rings is 1. The van der Waals surface area contributed by atoms with Crippen LogP contribution in [0.5, 0.6) is 11.5 Å². The van der Waals surface area contributed by atoms with Crippen LogP contribution in [0.25, 0.3) is 6.08 Å². The zero-order chi connectivity index (χ0) is 19.4. The van der Waals surface area contributed by atoms with E-state index in [0.29, 0.717) is 33.9 Å². The van der Waals surface area contributed by atoms with E-state index in [0.717, 1.165) is 5.56 Å². The van der Waals surface area contributed by atoms with Gasteiger partial charge >= 0.3 is 5.97 Å². The molecule has 27 heavy (non-hydrogen) atoms. The van der Waals surface area contributed by atoms with Crippen molar-refractivity contribution in [3.05, 3.63) is 28.7 Å². The smallest absolute Gasteiger partial charge is 0.307 e. The Labute approximate surface area is 167 Å². The number of esters is 1. The van der Waals surface area contributed by atoms with Gasteiger partial charge in [0.1, 0.15) is 10.9 Å². The average molecular weight is 409 g/mol. The Hall–Kier alpha value is -2.10. The second-order valence-corrected chi connectivity index (χ2v) is 7.90. The molecule has 0 saturated carbocycles. The highest BCUT2D eigenvalue weighted by atomic mass is 32.2. The molecule has 0 aromatic heterocycles. The van der Waals surface area contributed by atoms with Gasteiger partial charge in [0.15, 0.2) is 11.5 Å². The molecular formula is C18H20N2O5S2. The first-order valence-corrected chi connectivity index (χ1v) is 9.62. The minimum atomic E-state index is -0.342. The molecule has 1 aromatic rings. The maximum absolute atomic E-state index is 12.6. The predicted octanol–water partition coefficient (Wildman–Crippen LogP) is 2.11. The number of carbonyl (C=O) groups excluding carboxylic acids is 2. The predicted molar refractivity (Wildman–Crippen MR) is 107 cm³/mol. The largest absolute Gasteiger partial charge is 0.464 e. The van der Waals surface area contributed by atoms with Gasteiger partial charge in [0.2, 0.25) is 6.79 Å². The second kappa shape index (κ2) is 8.73. The number of carbonyl (C=O) groups is 2. The Bertz CT molecular complexity index is 794. The minimum Gasteiger partial charge on any atom is -0.464 e. The summed E-state index contributed by atoms with van der Waals surface area (Å²) in [6.45, 7) is 1.40. The highest BCUT2D eigenvalue weighted by molar-refractivity contribution is 8.26. The highest BCUT2D eigenvalue weighted by Crippen LogP contribution is 2.36. The van der Waals surface area contributed by atoms with Crippen molar-refractivity contribution in [3.63, 3.8) is 0 Å². The van der Waals surface area contributed by atoms with Crippen LogP contribution >= 0.6 is 24.0 Å². The molecule has 3 rings (SSSR count). The molecule has 0 aliphatic carbocycles. The molecule has 0 radical (unpaired) electrons. The maximum Gasteiger partial charge on any atom is 0.307 e. The Morgan fingerprint density at radius 1 is 1.37 bits per heavy atom. The van der Waals surface area contributed by atoms with Crippen molar-refractivity contribution >= 4 is 46.3 Å². The molecule has 0 bridgehead atoms. The van der Waals surface area contributed by atoms with Crippen LogP contribution in [0.3, 0.4) is 0 Å². The fraction of sp³-hybridized carbons (Fsp3) is 0.389. The quantitative estimate of drug-likeness (QED) is 0.386. The Morgan fingerprint density at radius 2 is 2.15 bits per heavy atom. The fourth-order valence-electron chi connectivity index (χ4n) is 2.46. The van der Waals surface area contributed by atoms with E-state index < -0.39 is 0 Å². The van der Waals surface area contributed by atoms with Crippen LogP contribution in [0.4, 0.5) is 0 Å². The lowest BCUT2D eigenvalue weighted by molar-refractivity contribution is -0.144. The summed E-state index contributed by atoms with van der Waals surface area (Å²) >= 11 is 6.51. The van der Waals surface area contributed by atoms with Crippen molar-refractivity contribution in [1.82, 2.24) is 9.80 Å². The van der Waals surface area contributed by atoms with Crippen LogP contribution in [0, 0.1) is 0 Å². The highest BCUT2D eigenvalue weighted by Gasteiger charge is 2.32. The van der Waals surface area contributed by atoms with Gasteiger partial charge in [-0.1, -0.05) is 30.0 Å². The number of hydrogen-bond acceptors (Lipinski definition) is 8. The maximum atomic E-state index is 12.6. The zero-order valence-electron chi connectivity index (χ0n) is 15.1. The van der Waals surface area contributed by atoms with E-state index in [1.54, 1.807) is 12.1 Å². The molecule has 1 saturated heterocycles. The molecule has 0 N–H and O–H groups in total. The lowest BCUT2D eigenvalue weighted by Crippen LogP contribution is -2.31. The number of amides is 1. The lowest BCUT2D eigenvalue weighted by Gasteiger charge is -2.14. The van der Waals surface area contributed by atoms with Crippen LogP contribution in [0.1, 0.15) is 12.0 Å². The number of fused-ring (bicyclic) bond motifs is 1. The van der Waals surface area contributed by atoms with E-state index in [1.165, 1.54) is 16.7 Å². The summed E-state index contributed by atoms with van der Waals surface area (Å²) in [5.41, 5.74) is 0.822. The van der Waals surface area contributed by atoms with Crippen molar-refractivity contribution in [2.24, 2.45) is 0 Å². The van der Waals surface area contributed by atoms with Gasteiger partial charge in [0, 0.05) is 13.1 Å².